The van der Waals surface area contributed by atoms with Crippen LogP contribution < -0.4 is 11.5 Å². The number of hydrogen-bond donors (Lipinski definition) is 3. The Morgan fingerprint density at radius 1 is 1.47 bits per heavy atom. The molecule has 102 valence electrons. The van der Waals surface area contributed by atoms with Crippen LogP contribution >= 0.6 is 0 Å². The molecule has 1 aromatic carbocycles. The molecule has 0 amide bonds. The van der Waals surface area contributed by atoms with Gasteiger partial charge in [-0.15, -0.1) is 5.10 Å². The molecule has 0 atom stereocenters. The monoisotopic (exact) mass is 267 g/mol. The Bertz CT molecular complexity index is 504. The van der Waals surface area contributed by atoms with E-state index in [9.17, 15) is 10.1 Å². The molecule has 0 aromatic heterocycles. The minimum atomic E-state index is -0.833. The minimum Gasteiger partial charge on any atom is -0.481 e. The summed E-state index contributed by atoms with van der Waals surface area (Å²) < 4.78 is 0. The molecule has 1 rings (SSSR count). The van der Waals surface area contributed by atoms with Gasteiger partial charge in [-0.1, -0.05) is 12.1 Å². The highest BCUT2D eigenvalue weighted by Gasteiger charge is 2.03. The van der Waals surface area contributed by atoms with Crippen molar-refractivity contribution in [1.82, 2.24) is 0 Å². The van der Waals surface area contributed by atoms with Gasteiger partial charge in [-0.25, -0.2) is 0 Å². The van der Waals surface area contributed by atoms with E-state index in [1.165, 1.54) is 18.3 Å². The van der Waals surface area contributed by atoms with Crippen molar-refractivity contribution in [3.05, 3.63) is 39.9 Å². The van der Waals surface area contributed by atoms with Gasteiger partial charge in [0, 0.05) is 24.6 Å². The second-order valence-electron chi connectivity index (χ2n) is 3.14. The lowest BCUT2D eigenvalue weighted by Gasteiger charge is -1.92. The summed E-state index contributed by atoms with van der Waals surface area (Å²) in [5.74, 6) is -1.00. The molecule has 0 fully saturated rings. The average Bonchev–Trinajstić information content (AvgIpc) is 2.28. The number of aliphatic carboxylic acids is 1. The number of benzene rings is 1. The van der Waals surface area contributed by atoms with Crippen LogP contribution in [-0.2, 0) is 4.79 Å². The number of carbonyl (C=O) groups is 1. The first-order valence-corrected chi connectivity index (χ1v) is 4.89. The Labute approximate surface area is 108 Å². The molecule has 5 N–H and O–H groups in total. The van der Waals surface area contributed by atoms with E-state index in [2.05, 4.69) is 10.2 Å². The molecule has 0 unspecified atom stereocenters. The lowest BCUT2D eigenvalue weighted by Crippen LogP contribution is -2.21. The summed E-state index contributed by atoms with van der Waals surface area (Å²) in [6.07, 6.45) is 1.33. The summed E-state index contributed by atoms with van der Waals surface area (Å²) >= 11 is 0. The van der Waals surface area contributed by atoms with Crippen LogP contribution in [-0.4, -0.2) is 28.2 Å². The number of non-ortho nitro benzene ring substituents is 1. The van der Waals surface area contributed by atoms with Crippen molar-refractivity contribution in [2.45, 2.75) is 6.92 Å². The van der Waals surface area contributed by atoms with Crippen LogP contribution in [0.4, 0.5) is 5.69 Å². The normalized spacial score (nSPS) is 9.32. The van der Waals surface area contributed by atoms with Crippen LogP contribution in [0.15, 0.2) is 34.5 Å². The van der Waals surface area contributed by atoms with Gasteiger partial charge in [0.05, 0.1) is 11.1 Å². The van der Waals surface area contributed by atoms with E-state index in [-0.39, 0.29) is 11.6 Å². The van der Waals surface area contributed by atoms with Gasteiger partial charge in [0.15, 0.2) is 0 Å². The maximum Gasteiger partial charge on any atom is 0.300 e. The van der Waals surface area contributed by atoms with Gasteiger partial charge in [-0.05, 0) is 0 Å². The van der Waals surface area contributed by atoms with Crippen molar-refractivity contribution in [2.75, 3.05) is 0 Å². The fourth-order valence-electron chi connectivity index (χ4n) is 0.881. The Balaban J connectivity index is 0.000000711. The third-order valence-corrected chi connectivity index (χ3v) is 1.46. The van der Waals surface area contributed by atoms with E-state index in [1.54, 1.807) is 12.1 Å². The highest BCUT2D eigenvalue weighted by atomic mass is 16.6. The maximum atomic E-state index is 10.4. The number of rotatable bonds is 3. The number of nitro benzene ring substituents is 1. The molecule has 0 saturated heterocycles. The molecule has 0 radical (unpaired) electrons. The summed E-state index contributed by atoms with van der Waals surface area (Å²) in [7, 11) is 0. The number of nitro groups is 1. The summed E-state index contributed by atoms with van der Waals surface area (Å²) in [4.78, 5) is 18.9. The fraction of sp³-hybridized carbons (Fsp3) is 0.100. The second-order valence-corrected chi connectivity index (χ2v) is 3.14. The van der Waals surface area contributed by atoms with Gasteiger partial charge in [0.1, 0.15) is 0 Å². The molecule has 0 heterocycles. The molecule has 1 aromatic rings. The maximum absolute atomic E-state index is 10.4. The molecular weight excluding hydrogens is 254 g/mol. The zero-order valence-corrected chi connectivity index (χ0v) is 10.1. The predicted molar refractivity (Wildman–Crippen MR) is 69.8 cm³/mol. The van der Waals surface area contributed by atoms with Crippen LogP contribution in [0.1, 0.15) is 12.5 Å². The van der Waals surface area contributed by atoms with Crippen molar-refractivity contribution in [2.24, 2.45) is 21.7 Å². The Morgan fingerprint density at radius 2 is 2.05 bits per heavy atom. The van der Waals surface area contributed by atoms with Gasteiger partial charge in [-0.3, -0.25) is 14.9 Å². The van der Waals surface area contributed by atoms with E-state index >= 15 is 0 Å². The Hall–Kier alpha value is -2.97. The molecule has 0 spiro atoms. The first-order chi connectivity index (χ1) is 8.82. The Morgan fingerprint density at radius 3 is 2.53 bits per heavy atom. The smallest absolute Gasteiger partial charge is 0.300 e. The van der Waals surface area contributed by atoms with Gasteiger partial charge < -0.3 is 16.6 Å². The van der Waals surface area contributed by atoms with E-state index in [0.29, 0.717) is 5.56 Å². The molecule has 0 bridgehead atoms. The van der Waals surface area contributed by atoms with Gasteiger partial charge in [-0.2, -0.15) is 5.10 Å². The fourth-order valence-corrected chi connectivity index (χ4v) is 0.881. The molecule has 19 heavy (non-hydrogen) atoms. The lowest BCUT2D eigenvalue weighted by molar-refractivity contribution is -0.384. The van der Waals surface area contributed by atoms with E-state index in [4.69, 9.17) is 21.4 Å². The number of hydrogen-bond acceptors (Lipinski definition) is 5. The molecule has 0 saturated carbocycles. The number of carboxylic acids is 1. The van der Waals surface area contributed by atoms with Crippen LogP contribution in [0, 0.1) is 10.1 Å². The van der Waals surface area contributed by atoms with Crippen LogP contribution in [0.25, 0.3) is 0 Å². The number of nitrogens with two attached hydrogens (primary N) is 2. The summed E-state index contributed by atoms with van der Waals surface area (Å²) in [6, 6.07) is 5.96. The van der Waals surface area contributed by atoms with Gasteiger partial charge in [0.2, 0.25) is 5.96 Å². The van der Waals surface area contributed by atoms with Crippen LogP contribution in [0.5, 0.6) is 0 Å². The van der Waals surface area contributed by atoms with E-state index < -0.39 is 10.9 Å². The summed E-state index contributed by atoms with van der Waals surface area (Å²) in [5.41, 5.74) is 10.6. The molecule has 9 nitrogen and oxygen atoms in total. The van der Waals surface area contributed by atoms with Crippen molar-refractivity contribution in [1.29, 1.82) is 0 Å². The number of guanidine groups is 1. The quantitative estimate of drug-likeness (QED) is 0.309. The Kier molecular flexibility index (Phi) is 6.89. The van der Waals surface area contributed by atoms with Crippen molar-refractivity contribution in [3.63, 3.8) is 0 Å². The molecule has 0 aliphatic heterocycles. The summed E-state index contributed by atoms with van der Waals surface area (Å²) in [5, 5.41) is 24.7. The highest BCUT2D eigenvalue weighted by molar-refractivity contribution is 5.82. The SMILES string of the molecule is CC(=O)O.NC(N)=NN=Cc1cccc([N+](=O)[O-])c1. The largest absolute Gasteiger partial charge is 0.481 e. The third kappa shape index (κ3) is 8.80. The van der Waals surface area contributed by atoms with Gasteiger partial charge >= 0.3 is 0 Å². The highest BCUT2D eigenvalue weighted by Crippen LogP contribution is 2.11. The lowest BCUT2D eigenvalue weighted by atomic mass is 10.2. The molecule has 9 heteroatoms. The van der Waals surface area contributed by atoms with Crippen molar-refractivity contribution in [3.8, 4) is 0 Å². The number of carboxylic acid groups (broad SMARTS) is 1. The molecular formula is C10H13N5O4. The first-order valence-electron chi connectivity index (χ1n) is 4.89. The number of nitrogens with zero attached hydrogens (tertiary/aromatic N) is 3. The standard InChI is InChI=1S/C8H9N5O2.C2H4O2/c9-8(10)12-11-5-6-2-1-3-7(4-6)13(14)15;1-2(3)4/h1-5H,(H4,9,10,12);1H3,(H,3,4). The van der Waals surface area contributed by atoms with Crippen LogP contribution in [0.3, 0.4) is 0 Å². The summed E-state index contributed by atoms with van der Waals surface area (Å²) in [6.45, 7) is 1.08. The van der Waals surface area contributed by atoms with Crippen molar-refractivity contribution < 1.29 is 14.8 Å². The molecule has 0 aliphatic carbocycles. The zero-order valence-electron chi connectivity index (χ0n) is 10.1. The first kappa shape index (κ1) is 16.0. The minimum absolute atomic E-state index is 0.0105. The average molecular weight is 267 g/mol. The van der Waals surface area contributed by atoms with Gasteiger partial charge in [0.25, 0.3) is 11.7 Å². The zero-order chi connectivity index (χ0) is 14.8. The van der Waals surface area contributed by atoms with Crippen LogP contribution in [0.2, 0.25) is 0 Å². The predicted octanol–water partition coefficient (Wildman–Crippen LogP) is 0.293. The third-order valence-electron chi connectivity index (χ3n) is 1.46. The van der Waals surface area contributed by atoms with E-state index in [1.807, 2.05) is 0 Å². The topological polar surface area (TPSA) is 157 Å². The second kappa shape index (κ2) is 8.17. The van der Waals surface area contributed by atoms with E-state index in [0.717, 1.165) is 6.92 Å². The van der Waals surface area contributed by atoms with Crippen molar-refractivity contribution >= 4 is 23.8 Å². The molecule has 0 aliphatic rings.